The maximum Gasteiger partial charge on any atom is 0.0208 e. The Balaban J connectivity index is 1.98. The van der Waals surface area contributed by atoms with E-state index in [0.717, 1.165) is 24.9 Å². The van der Waals surface area contributed by atoms with E-state index >= 15 is 0 Å². The first kappa shape index (κ1) is 16.2. The van der Waals surface area contributed by atoms with Gasteiger partial charge in [0, 0.05) is 23.7 Å². The van der Waals surface area contributed by atoms with Crippen LogP contribution in [0.2, 0.25) is 0 Å². The molecule has 21 heavy (non-hydrogen) atoms. The first-order valence-electron chi connectivity index (χ1n) is 7.67. The molecule has 0 atom stereocenters. The zero-order valence-corrected chi connectivity index (χ0v) is 13.6. The molecule has 2 rings (SSSR count). The van der Waals surface area contributed by atoms with Gasteiger partial charge in [0.2, 0.25) is 0 Å². The van der Waals surface area contributed by atoms with E-state index in [1.54, 1.807) is 0 Å². The van der Waals surface area contributed by atoms with Crippen molar-refractivity contribution in [3.05, 3.63) is 47.2 Å². The molecule has 1 N–H and O–H groups in total. The maximum atomic E-state index is 12.3. The SMILES string of the molecule is C=Cc1ccc(CNC2CC(C)(C)N([O-])C(C)(C)C2)cc1. The molecule has 0 unspecified atom stereocenters. The van der Waals surface area contributed by atoms with Gasteiger partial charge in [0.25, 0.3) is 0 Å². The minimum absolute atomic E-state index is 0.313. The first-order chi connectivity index (χ1) is 9.74. The molecular weight excluding hydrogens is 260 g/mol. The van der Waals surface area contributed by atoms with E-state index in [2.05, 4.69) is 36.2 Å². The van der Waals surface area contributed by atoms with Gasteiger partial charge in [-0.1, -0.05) is 36.9 Å². The number of nitrogens with one attached hydrogen (secondary N) is 1. The lowest BCUT2D eigenvalue weighted by atomic mass is 9.79. The molecule has 0 saturated carbocycles. The van der Waals surface area contributed by atoms with Crippen LogP contribution in [0.4, 0.5) is 0 Å². The molecule has 1 fully saturated rings. The van der Waals surface area contributed by atoms with Crippen LogP contribution in [0.25, 0.3) is 6.08 Å². The van der Waals surface area contributed by atoms with E-state index in [1.807, 2.05) is 33.8 Å². The fourth-order valence-corrected chi connectivity index (χ4v) is 3.44. The third-order valence-electron chi connectivity index (χ3n) is 4.40. The van der Waals surface area contributed by atoms with Crippen LogP contribution < -0.4 is 5.32 Å². The van der Waals surface area contributed by atoms with Crippen molar-refractivity contribution < 1.29 is 0 Å². The number of rotatable bonds is 4. The third-order valence-corrected chi connectivity index (χ3v) is 4.40. The van der Waals surface area contributed by atoms with Crippen molar-refractivity contribution in [2.45, 2.75) is 64.2 Å². The molecule has 3 heteroatoms. The highest BCUT2D eigenvalue weighted by Crippen LogP contribution is 2.37. The molecule has 0 aliphatic carbocycles. The summed E-state index contributed by atoms with van der Waals surface area (Å²) < 4.78 is 0. The van der Waals surface area contributed by atoms with E-state index in [-0.39, 0.29) is 11.1 Å². The van der Waals surface area contributed by atoms with E-state index in [1.165, 1.54) is 10.6 Å². The molecule has 0 amide bonds. The van der Waals surface area contributed by atoms with Crippen molar-refractivity contribution in [1.29, 1.82) is 0 Å². The average molecular weight is 287 g/mol. The van der Waals surface area contributed by atoms with Crippen molar-refractivity contribution in [2.24, 2.45) is 0 Å². The summed E-state index contributed by atoms with van der Waals surface area (Å²) in [6.07, 6.45) is 3.61. The lowest BCUT2D eigenvalue weighted by Gasteiger charge is -2.60. The Morgan fingerprint density at radius 2 is 1.71 bits per heavy atom. The molecule has 1 heterocycles. The smallest absolute Gasteiger partial charge is 0.0208 e. The van der Waals surface area contributed by atoms with Crippen LogP contribution in [0.5, 0.6) is 0 Å². The van der Waals surface area contributed by atoms with Crippen molar-refractivity contribution in [3.63, 3.8) is 0 Å². The van der Waals surface area contributed by atoms with E-state index in [9.17, 15) is 5.21 Å². The number of hydrogen-bond acceptors (Lipinski definition) is 3. The minimum atomic E-state index is -0.313. The van der Waals surface area contributed by atoms with Crippen molar-refractivity contribution in [2.75, 3.05) is 0 Å². The Morgan fingerprint density at radius 3 is 2.19 bits per heavy atom. The molecule has 0 aromatic heterocycles. The van der Waals surface area contributed by atoms with Crippen LogP contribution in [-0.2, 0) is 6.54 Å². The normalized spacial score (nSPS) is 22.1. The summed E-state index contributed by atoms with van der Waals surface area (Å²) in [4.78, 5) is 0. The van der Waals surface area contributed by atoms with E-state index in [0.29, 0.717) is 6.04 Å². The van der Waals surface area contributed by atoms with Crippen LogP contribution in [0.1, 0.15) is 51.7 Å². The summed E-state index contributed by atoms with van der Waals surface area (Å²) in [6, 6.07) is 8.79. The van der Waals surface area contributed by atoms with Gasteiger partial charge >= 0.3 is 0 Å². The molecular formula is C18H27N2O-. The van der Waals surface area contributed by atoms with Gasteiger partial charge in [0.1, 0.15) is 0 Å². The van der Waals surface area contributed by atoms with Gasteiger partial charge < -0.3 is 15.6 Å². The number of piperidine rings is 1. The highest BCUT2D eigenvalue weighted by atomic mass is 16.5. The molecule has 116 valence electrons. The molecule has 1 aliphatic heterocycles. The predicted molar refractivity (Wildman–Crippen MR) is 89.8 cm³/mol. The molecule has 1 aliphatic rings. The van der Waals surface area contributed by atoms with Gasteiger partial charge in [-0.2, -0.15) is 0 Å². The van der Waals surface area contributed by atoms with E-state index in [4.69, 9.17) is 0 Å². The highest BCUT2D eigenvalue weighted by molar-refractivity contribution is 5.47. The minimum Gasteiger partial charge on any atom is -0.784 e. The highest BCUT2D eigenvalue weighted by Gasteiger charge is 2.39. The van der Waals surface area contributed by atoms with Gasteiger partial charge in [-0.25, -0.2) is 0 Å². The summed E-state index contributed by atoms with van der Waals surface area (Å²) in [5, 5.41) is 17.2. The van der Waals surface area contributed by atoms with Gasteiger partial charge in [0.05, 0.1) is 0 Å². The van der Waals surface area contributed by atoms with Gasteiger partial charge in [-0.15, -0.1) is 0 Å². The van der Waals surface area contributed by atoms with Gasteiger partial charge in [-0.05, 0) is 51.7 Å². The van der Waals surface area contributed by atoms with Crippen molar-refractivity contribution in [1.82, 2.24) is 10.4 Å². The Morgan fingerprint density at radius 1 is 1.19 bits per heavy atom. The second kappa shape index (κ2) is 5.91. The van der Waals surface area contributed by atoms with E-state index < -0.39 is 0 Å². The molecule has 1 aromatic carbocycles. The zero-order valence-electron chi connectivity index (χ0n) is 13.6. The largest absolute Gasteiger partial charge is 0.784 e. The van der Waals surface area contributed by atoms with Crippen LogP contribution >= 0.6 is 0 Å². The van der Waals surface area contributed by atoms with Crippen LogP contribution in [0, 0.1) is 5.21 Å². The Bertz CT molecular complexity index is 472. The third kappa shape index (κ3) is 3.73. The molecule has 0 bridgehead atoms. The zero-order chi connectivity index (χ0) is 15.7. The standard InChI is InChI=1S/C18H27N2O/c1-6-14-7-9-15(10-8-14)13-19-16-11-17(2,3)20(21)18(4,5)12-16/h6-10,16,19H,1,11-13H2,2-5H3/q-1. The summed E-state index contributed by atoms with van der Waals surface area (Å²) >= 11 is 0. The Labute approximate surface area is 128 Å². The lowest BCUT2D eigenvalue weighted by Crippen LogP contribution is -2.61. The molecule has 1 saturated heterocycles. The van der Waals surface area contributed by atoms with Gasteiger partial charge in [-0.3, -0.25) is 0 Å². The second-order valence-corrected chi connectivity index (χ2v) is 7.35. The monoisotopic (exact) mass is 287 g/mol. The quantitative estimate of drug-likeness (QED) is 0.911. The fourth-order valence-electron chi connectivity index (χ4n) is 3.44. The number of nitrogens with zero attached hydrogens (tertiary/aromatic N) is 1. The molecule has 0 radical (unpaired) electrons. The second-order valence-electron chi connectivity index (χ2n) is 7.35. The molecule has 0 spiro atoms. The lowest BCUT2D eigenvalue weighted by molar-refractivity contribution is 0.00124. The average Bonchev–Trinajstić information content (AvgIpc) is 2.42. The van der Waals surface area contributed by atoms with Crippen LogP contribution in [-0.4, -0.2) is 22.2 Å². The molecule has 3 nitrogen and oxygen atoms in total. The number of hydrogen-bond donors (Lipinski definition) is 1. The van der Waals surface area contributed by atoms with Crippen LogP contribution in [0.3, 0.4) is 0 Å². The predicted octanol–water partition coefficient (Wildman–Crippen LogP) is 3.94. The maximum absolute atomic E-state index is 12.3. The van der Waals surface area contributed by atoms with Crippen molar-refractivity contribution in [3.8, 4) is 0 Å². The Hall–Kier alpha value is -1.16. The summed E-state index contributed by atoms with van der Waals surface area (Å²) in [6.45, 7) is 12.8. The summed E-state index contributed by atoms with van der Waals surface area (Å²) in [5.41, 5.74) is 1.78. The van der Waals surface area contributed by atoms with Gasteiger partial charge in [0.15, 0.2) is 0 Å². The number of hydroxylamine groups is 2. The molecule has 1 aromatic rings. The summed E-state index contributed by atoms with van der Waals surface area (Å²) in [5.74, 6) is 0. The Kier molecular flexibility index (Phi) is 4.57. The van der Waals surface area contributed by atoms with Crippen molar-refractivity contribution >= 4 is 6.08 Å². The fraction of sp³-hybridized carbons (Fsp3) is 0.556. The topological polar surface area (TPSA) is 38.3 Å². The number of benzene rings is 1. The van der Waals surface area contributed by atoms with Crippen LogP contribution in [0.15, 0.2) is 30.8 Å². The summed E-state index contributed by atoms with van der Waals surface area (Å²) in [7, 11) is 0. The first-order valence-corrected chi connectivity index (χ1v) is 7.67.